The van der Waals surface area contributed by atoms with Gasteiger partial charge in [-0.2, -0.15) is 0 Å². The Morgan fingerprint density at radius 1 is 0.843 bits per heavy atom. The number of ether oxygens (including phenoxy) is 8. The van der Waals surface area contributed by atoms with Gasteiger partial charge in [-0.05, 0) is 44.1 Å². The zero-order valence-electron chi connectivity index (χ0n) is 30.3. The Balaban J connectivity index is 1.74. The van der Waals surface area contributed by atoms with Crippen LogP contribution in [0.25, 0.3) is 0 Å². The van der Waals surface area contributed by atoms with Gasteiger partial charge in [0.2, 0.25) is 0 Å². The van der Waals surface area contributed by atoms with Crippen LogP contribution < -0.4 is 0 Å². The minimum atomic E-state index is -1.74. The highest BCUT2D eigenvalue weighted by Crippen LogP contribution is 2.71. The summed E-state index contributed by atoms with van der Waals surface area (Å²) >= 11 is 0. The van der Waals surface area contributed by atoms with Crippen molar-refractivity contribution < 1.29 is 67.0 Å². The van der Waals surface area contributed by atoms with E-state index < -0.39 is 100 Å². The zero-order chi connectivity index (χ0) is 37.5. The van der Waals surface area contributed by atoms with E-state index in [4.69, 9.17) is 37.9 Å². The van der Waals surface area contributed by atoms with Crippen LogP contribution in [0.3, 0.4) is 0 Å². The van der Waals surface area contributed by atoms with Crippen molar-refractivity contribution in [2.45, 2.75) is 129 Å². The molecule has 4 fully saturated rings. The Bertz CT molecular complexity index is 1660. The molecule has 2 heterocycles. The van der Waals surface area contributed by atoms with Crippen LogP contribution in [0, 0.1) is 16.7 Å². The van der Waals surface area contributed by atoms with Crippen molar-refractivity contribution in [3.63, 3.8) is 0 Å². The number of carbonyl (C=O) groups is 5. The Morgan fingerprint density at radius 2 is 1.43 bits per heavy atom. The van der Waals surface area contributed by atoms with Crippen LogP contribution in [0.15, 0.2) is 41.5 Å². The van der Waals surface area contributed by atoms with Gasteiger partial charge in [0.1, 0.15) is 23.9 Å². The predicted molar refractivity (Wildman–Crippen MR) is 173 cm³/mol. The van der Waals surface area contributed by atoms with E-state index in [2.05, 4.69) is 0 Å². The molecule has 1 aromatic rings. The Hall–Kier alpha value is -3.85. The first kappa shape index (κ1) is 36.9. The van der Waals surface area contributed by atoms with Crippen LogP contribution >= 0.6 is 0 Å². The summed E-state index contributed by atoms with van der Waals surface area (Å²) in [6.45, 7) is 12.9. The summed E-state index contributed by atoms with van der Waals surface area (Å²) < 4.78 is 50.4. The molecule has 1 spiro atoms. The molecule has 278 valence electrons. The van der Waals surface area contributed by atoms with Gasteiger partial charge in [0, 0.05) is 53.4 Å². The van der Waals surface area contributed by atoms with E-state index in [0.29, 0.717) is 11.1 Å². The smallest absolute Gasteiger partial charge is 0.338 e. The summed E-state index contributed by atoms with van der Waals surface area (Å²) in [5.74, 6) is -6.22. The van der Waals surface area contributed by atoms with E-state index in [9.17, 15) is 29.1 Å². The highest BCUT2D eigenvalue weighted by Gasteiger charge is 2.82. The molecule has 51 heavy (non-hydrogen) atoms. The van der Waals surface area contributed by atoms with Gasteiger partial charge in [-0.1, -0.05) is 25.1 Å². The van der Waals surface area contributed by atoms with Gasteiger partial charge in [0.05, 0.1) is 34.7 Å². The average molecular weight is 715 g/mol. The number of carbonyl (C=O) groups excluding carboxylic acids is 5. The number of rotatable bonds is 7. The number of esters is 5. The van der Waals surface area contributed by atoms with E-state index in [1.165, 1.54) is 27.7 Å². The van der Waals surface area contributed by atoms with Crippen LogP contribution in [-0.2, 0) is 57.1 Å². The molecule has 1 unspecified atom stereocenters. The summed E-state index contributed by atoms with van der Waals surface area (Å²) in [6, 6.07) is 8.19. The van der Waals surface area contributed by atoms with Crippen LogP contribution in [0.5, 0.6) is 0 Å². The largest absolute Gasteiger partial charge is 0.462 e. The number of benzene rings is 1. The molecule has 2 saturated carbocycles. The molecule has 1 N–H and O–H groups in total. The molecule has 2 aliphatic heterocycles. The van der Waals surface area contributed by atoms with Crippen LogP contribution in [0.1, 0.15) is 85.5 Å². The molecule has 1 aromatic carbocycles. The summed E-state index contributed by atoms with van der Waals surface area (Å²) in [5, 5.41) is 12.5. The molecular formula is C37H46O14. The van der Waals surface area contributed by atoms with Gasteiger partial charge in [0.15, 0.2) is 12.2 Å². The van der Waals surface area contributed by atoms with Gasteiger partial charge < -0.3 is 43.0 Å². The van der Waals surface area contributed by atoms with Gasteiger partial charge >= 0.3 is 29.8 Å². The predicted octanol–water partition coefficient (Wildman–Crippen LogP) is 3.31. The van der Waals surface area contributed by atoms with Crippen molar-refractivity contribution in [1.29, 1.82) is 0 Å². The molecular weight excluding hydrogens is 668 g/mol. The third-order valence-corrected chi connectivity index (χ3v) is 11.5. The lowest BCUT2D eigenvalue weighted by Crippen LogP contribution is -2.76. The maximum atomic E-state index is 14.2. The second-order valence-corrected chi connectivity index (χ2v) is 15.2. The van der Waals surface area contributed by atoms with Crippen LogP contribution in [0.4, 0.5) is 0 Å². The van der Waals surface area contributed by atoms with E-state index in [0.717, 1.165) is 0 Å². The first-order valence-corrected chi connectivity index (χ1v) is 17.1. The molecule has 14 nitrogen and oxygen atoms in total. The average Bonchev–Trinajstić information content (AvgIpc) is 3.44. The second-order valence-electron chi connectivity index (χ2n) is 15.2. The lowest BCUT2D eigenvalue weighted by Gasteiger charge is -2.63. The molecule has 5 aliphatic rings. The maximum absolute atomic E-state index is 14.2. The van der Waals surface area contributed by atoms with Gasteiger partial charge in [-0.25, -0.2) is 4.79 Å². The lowest BCUT2D eigenvalue weighted by molar-refractivity contribution is -0.435. The van der Waals surface area contributed by atoms with Crippen molar-refractivity contribution in [3.05, 3.63) is 47.0 Å². The van der Waals surface area contributed by atoms with E-state index in [-0.39, 0.29) is 25.0 Å². The summed E-state index contributed by atoms with van der Waals surface area (Å²) in [7, 11) is 0. The molecule has 3 aliphatic carbocycles. The van der Waals surface area contributed by atoms with E-state index >= 15 is 0 Å². The number of hydrogen-bond acceptors (Lipinski definition) is 14. The van der Waals surface area contributed by atoms with E-state index in [1.807, 2.05) is 0 Å². The highest BCUT2D eigenvalue weighted by atomic mass is 16.9. The molecule has 2 bridgehead atoms. The van der Waals surface area contributed by atoms with Gasteiger partial charge in [-0.15, -0.1) is 0 Å². The van der Waals surface area contributed by atoms with Gasteiger partial charge in [-0.3, -0.25) is 19.2 Å². The van der Waals surface area contributed by atoms with Crippen LogP contribution in [-0.4, -0.2) is 95.4 Å². The minimum Gasteiger partial charge on any atom is -0.462 e. The Kier molecular flexibility index (Phi) is 8.97. The Morgan fingerprint density at radius 3 is 2.00 bits per heavy atom. The fourth-order valence-electron chi connectivity index (χ4n) is 9.75. The molecule has 0 aromatic heterocycles. The van der Waals surface area contributed by atoms with Crippen molar-refractivity contribution in [3.8, 4) is 0 Å². The quantitative estimate of drug-likeness (QED) is 0.247. The first-order chi connectivity index (χ1) is 23.7. The van der Waals surface area contributed by atoms with Crippen molar-refractivity contribution >= 4 is 29.8 Å². The fourth-order valence-corrected chi connectivity index (χ4v) is 9.75. The minimum absolute atomic E-state index is 0.0474. The molecule has 0 radical (unpaired) electrons. The maximum Gasteiger partial charge on any atom is 0.338 e. The topological polar surface area (TPSA) is 179 Å². The monoisotopic (exact) mass is 714 g/mol. The summed E-state index contributed by atoms with van der Waals surface area (Å²) in [4.78, 5) is 65.5. The first-order valence-electron chi connectivity index (χ1n) is 17.1. The molecule has 0 amide bonds. The Labute approximate surface area is 296 Å². The highest BCUT2D eigenvalue weighted by molar-refractivity contribution is 5.89. The number of hydrogen-bond donors (Lipinski definition) is 1. The normalized spacial score (nSPS) is 39.5. The fraction of sp³-hybridized carbons (Fsp3) is 0.649. The van der Waals surface area contributed by atoms with Crippen molar-refractivity contribution in [2.75, 3.05) is 6.61 Å². The zero-order valence-corrected chi connectivity index (χ0v) is 30.3. The van der Waals surface area contributed by atoms with Crippen LogP contribution in [0.2, 0.25) is 0 Å². The standard InChI is InChI=1S/C37H46O14/c1-18-24(45-19(2)38)16-36(33(6,7)43)27(18)28(48-22(5)41)30(49-32(42)23-13-11-10-12-14-23)34(8)25(46-20(3)39)15-26(47-21(4)40)37-17-44-35(9,51-37)50-31(36)29(34)37/h10-14,24-26,28-31,43H,15-17H2,1-9H3/t24-,25-,26-,28+,29-,30-,31-,34+,35?,36-,37-/m0/s1. The molecule has 14 heteroatoms. The molecule has 2 saturated heterocycles. The van der Waals surface area contributed by atoms with Crippen molar-refractivity contribution in [1.82, 2.24) is 0 Å². The SMILES string of the molecule is CC(=O)O[C@H]1C[C@]2(C(C)(C)O)C(=C1C)[C@@H](OC(C)=O)[C@H](OC(=O)c1ccccc1)[C@]1(C)[C@@H](OC(C)=O)C[C@H](OC(C)=O)[C@@]34COC(C)(O[C@H]2[C@H]31)O4. The summed E-state index contributed by atoms with van der Waals surface area (Å²) in [6.07, 6.45) is -7.39. The lowest BCUT2D eigenvalue weighted by atomic mass is 9.50. The molecule has 6 rings (SSSR count). The third kappa shape index (κ3) is 5.65. The second kappa shape index (κ2) is 12.4. The number of aliphatic hydroxyl groups is 1. The van der Waals surface area contributed by atoms with Gasteiger partial charge in [0.25, 0.3) is 5.97 Å². The van der Waals surface area contributed by atoms with Crippen molar-refractivity contribution in [2.24, 2.45) is 16.7 Å². The van der Waals surface area contributed by atoms with E-state index in [1.54, 1.807) is 65.0 Å². The number of fused-ring (bicyclic) bond motifs is 3. The third-order valence-electron chi connectivity index (χ3n) is 11.5. The summed E-state index contributed by atoms with van der Waals surface area (Å²) in [5.41, 5.74) is -5.45. The molecule has 11 atom stereocenters.